The van der Waals surface area contributed by atoms with Crippen molar-refractivity contribution in [1.29, 1.82) is 0 Å². The lowest BCUT2D eigenvalue weighted by Crippen LogP contribution is -2.07. The van der Waals surface area contributed by atoms with Gasteiger partial charge in [0, 0.05) is 0 Å². The first kappa shape index (κ1) is 8.46. The molecule has 0 saturated heterocycles. The van der Waals surface area contributed by atoms with Crippen LogP contribution in [0.5, 0.6) is 0 Å². The second-order valence-corrected chi connectivity index (χ2v) is 4.31. The van der Waals surface area contributed by atoms with Gasteiger partial charge in [0.25, 0.3) is 0 Å². The molecular weight excluding hydrogens is 158 g/mol. The quantitative estimate of drug-likeness (QED) is 0.572. The van der Waals surface area contributed by atoms with E-state index >= 15 is 0 Å². The molecule has 2 aliphatic carbocycles. The first-order valence-corrected chi connectivity index (χ1v) is 5.05. The summed E-state index contributed by atoms with van der Waals surface area (Å²) >= 11 is 0. The molecule has 0 N–H and O–H groups in total. The van der Waals surface area contributed by atoms with E-state index in [1.807, 2.05) is 0 Å². The molecule has 0 heterocycles. The predicted molar refractivity (Wildman–Crippen MR) is 44.5 cm³/mol. The van der Waals surface area contributed by atoms with Crippen LogP contribution in [-0.4, -0.2) is 12.3 Å². The van der Waals surface area contributed by atoms with Gasteiger partial charge in [-0.1, -0.05) is 25.7 Å². The Hall–Kier alpha value is -0.140. The van der Waals surface area contributed by atoms with Crippen LogP contribution in [0, 0.1) is 11.8 Å². The fourth-order valence-electron chi connectivity index (χ4n) is 2.78. The molecule has 12 heavy (non-hydrogen) atoms. The number of rotatable bonds is 1. The lowest BCUT2D eigenvalue weighted by molar-refractivity contribution is 0.199. The van der Waals surface area contributed by atoms with Crippen molar-refractivity contribution in [2.45, 2.75) is 50.9 Å². The number of hydrogen-bond acceptors (Lipinski definition) is 0. The summed E-state index contributed by atoms with van der Waals surface area (Å²) in [6, 6.07) is 0. The minimum Gasteiger partial charge on any atom is -0.244 e. The molecule has 0 bridgehead atoms. The Balaban J connectivity index is 1.89. The van der Waals surface area contributed by atoms with Crippen LogP contribution in [0.1, 0.15) is 38.5 Å². The fraction of sp³-hybridized carbons (Fsp3) is 1.00. The largest absolute Gasteiger partial charge is 0.244 e. The second kappa shape index (κ2) is 3.31. The summed E-state index contributed by atoms with van der Waals surface area (Å²) in [6.07, 6.45) is 3.64. The second-order valence-electron chi connectivity index (χ2n) is 4.31. The van der Waals surface area contributed by atoms with Gasteiger partial charge in [-0.3, -0.25) is 0 Å². The lowest BCUT2D eigenvalue weighted by Gasteiger charge is -2.16. The zero-order valence-corrected chi connectivity index (χ0v) is 7.31. The van der Waals surface area contributed by atoms with Gasteiger partial charge < -0.3 is 0 Å². The summed E-state index contributed by atoms with van der Waals surface area (Å²) in [4.78, 5) is 0. The van der Waals surface area contributed by atoms with E-state index in [0.29, 0.717) is 24.7 Å². The van der Waals surface area contributed by atoms with Gasteiger partial charge in [0.1, 0.15) is 12.3 Å². The molecule has 2 aliphatic rings. The Morgan fingerprint density at radius 2 is 1.25 bits per heavy atom. The van der Waals surface area contributed by atoms with E-state index in [2.05, 4.69) is 0 Å². The van der Waals surface area contributed by atoms with Gasteiger partial charge in [-0.15, -0.1) is 0 Å². The molecule has 0 aromatic rings. The van der Waals surface area contributed by atoms with Crippen molar-refractivity contribution < 1.29 is 8.78 Å². The summed E-state index contributed by atoms with van der Waals surface area (Å²) in [6.45, 7) is 0. The molecule has 0 amide bonds. The van der Waals surface area contributed by atoms with E-state index in [-0.39, 0.29) is 0 Å². The fourth-order valence-corrected chi connectivity index (χ4v) is 2.78. The monoisotopic (exact) mass is 174 g/mol. The van der Waals surface area contributed by atoms with E-state index in [4.69, 9.17) is 0 Å². The van der Waals surface area contributed by atoms with E-state index in [9.17, 15) is 8.78 Å². The average molecular weight is 174 g/mol. The van der Waals surface area contributed by atoms with Crippen LogP contribution in [-0.2, 0) is 0 Å². The van der Waals surface area contributed by atoms with Gasteiger partial charge >= 0.3 is 0 Å². The topological polar surface area (TPSA) is 0 Å². The van der Waals surface area contributed by atoms with Crippen LogP contribution in [0.25, 0.3) is 0 Å². The Morgan fingerprint density at radius 3 is 1.75 bits per heavy atom. The highest BCUT2D eigenvalue weighted by Gasteiger charge is 2.38. The molecule has 0 nitrogen and oxygen atoms in total. The third kappa shape index (κ3) is 1.48. The van der Waals surface area contributed by atoms with Crippen molar-refractivity contribution in [3.63, 3.8) is 0 Å². The molecule has 2 fully saturated rings. The molecule has 0 aliphatic heterocycles. The van der Waals surface area contributed by atoms with Crippen molar-refractivity contribution in [2.24, 2.45) is 11.8 Å². The lowest BCUT2D eigenvalue weighted by atomic mass is 9.90. The van der Waals surface area contributed by atoms with Gasteiger partial charge in [-0.2, -0.15) is 0 Å². The molecule has 2 unspecified atom stereocenters. The maximum Gasteiger partial charge on any atom is 0.131 e. The van der Waals surface area contributed by atoms with Crippen LogP contribution < -0.4 is 0 Å². The molecule has 2 heteroatoms. The zero-order valence-electron chi connectivity index (χ0n) is 7.31. The Morgan fingerprint density at radius 1 is 0.750 bits per heavy atom. The first-order chi connectivity index (χ1) is 5.77. The normalized spacial score (nSPS) is 44.0. The molecule has 0 radical (unpaired) electrons. The maximum atomic E-state index is 12.8. The molecule has 70 valence electrons. The molecule has 2 rings (SSSR count). The van der Waals surface area contributed by atoms with E-state index in [1.54, 1.807) is 0 Å². The van der Waals surface area contributed by atoms with Crippen LogP contribution in [0.15, 0.2) is 0 Å². The van der Waals surface area contributed by atoms with Crippen molar-refractivity contribution in [3.05, 3.63) is 0 Å². The Bertz CT molecular complexity index is 142. The number of halogens is 2. The number of hydrogen-bond donors (Lipinski definition) is 0. The van der Waals surface area contributed by atoms with Crippen molar-refractivity contribution in [2.75, 3.05) is 0 Å². The highest BCUT2D eigenvalue weighted by atomic mass is 19.2. The first-order valence-electron chi connectivity index (χ1n) is 5.05. The van der Waals surface area contributed by atoms with Gasteiger partial charge in [0.05, 0.1) is 0 Å². The summed E-state index contributed by atoms with van der Waals surface area (Å²) in [5.41, 5.74) is 0. The number of alkyl halides is 2. The predicted octanol–water partition coefficient (Wildman–Crippen LogP) is 3.26. The van der Waals surface area contributed by atoms with E-state index < -0.39 is 12.3 Å². The Labute approximate surface area is 72.3 Å². The third-order valence-electron chi connectivity index (χ3n) is 3.51. The minimum atomic E-state index is -1.16. The Kier molecular flexibility index (Phi) is 2.33. The minimum absolute atomic E-state index is 0.359. The van der Waals surface area contributed by atoms with Gasteiger partial charge in [0.2, 0.25) is 0 Å². The molecule has 0 spiro atoms. The maximum absolute atomic E-state index is 12.8. The smallest absolute Gasteiger partial charge is 0.131 e. The summed E-state index contributed by atoms with van der Waals surface area (Å²) < 4.78 is 25.7. The average Bonchev–Trinajstić information content (AvgIpc) is 2.61. The molecule has 0 aromatic heterocycles. The van der Waals surface area contributed by atoms with E-state index in [0.717, 1.165) is 0 Å². The van der Waals surface area contributed by atoms with E-state index in [1.165, 1.54) is 25.7 Å². The molecule has 2 atom stereocenters. The van der Waals surface area contributed by atoms with Gasteiger partial charge in [0.15, 0.2) is 0 Å². The third-order valence-corrected chi connectivity index (χ3v) is 3.51. The van der Waals surface area contributed by atoms with Crippen LogP contribution >= 0.6 is 0 Å². The molecule has 2 saturated carbocycles. The molecule has 0 aromatic carbocycles. The van der Waals surface area contributed by atoms with Gasteiger partial charge in [-0.05, 0) is 24.7 Å². The summed E-state index contributed by atoms with van der Waals surface area (Å²) in [5, 5.41) is 0. The zero-order chi connectivity index (χ0) is 8.55. The van der Waals surface area contributed by atoms with Crippen LogP contribution in [0.3, 0.4) is 0 Å². The summed E-state index contributed by atoms with van der Waals surface area (Å²) in [7, 11) is 0. The molecular formula is C10H16F2. The van der Waals surface area contributed by atoms with Gasteiger partial charge in [-0.25, -0.2) is 8.78 Å². The highest BCUT2D eigenvalue weighted by Crippen LogP contribution is 2.42. The highest BCUT2D eigenvalue weighted by molar-refractivity contribution is 4.88. The SMILES string of the molecule is FC1CC(C2CCCC2)CC1F. The van der Waals surface area contributed by atoms with Crippen molar-refractivity contribution >= 4 is 0 Å². The van der Waals surface area contributed by atoms with Crippen LogP contribution in [0.4, 0.5) is 8.78 Å². The van der Waals surface area contributed by atoms with Crippen LogP contribution in [0.2, 0.25) is 0 Å². The summed E-state index contributed by atoms with van der Waals surface area (Å²) in [5.74, 6) is 1.00. The van der Waals surface area contributed by atoms with Crippen molar-refractivity contribution in [3.8, 4) is 0 Å². The van der Waals surface area contributed by atoms with Crippen molar-refractivity contribution in [1.82, 2.24) is 0 Å². The standard InChI is InChI=1S/C10H16F2/c11-9-5-8(6-10(9)12)7-3-1-2-4-7/h7-10H,1-6H2.